The monoisotopic (exact) mass is 186 g/mol. The highest BCUT2D eigenvalue weighted by molar-refractivity contribution is 6.20. The minimum absolute atomic E-state index is 0.438. The van der Waals surface area contributed by atoms with E-state index in [1.165, 1.54) is 37.7 Å². The van der Waals surface area contributed by atoms with Gasteiger partial charge >= 0.3 is 0 Å². The lowest BCUT2D eigenvalue weighted by atomic mass is 9.84. The Bertz CT molecular complexity index is 151. The number of rotatable bonds is 3. The average molecular weight is 187 g/mol. The zero-order chi connectivity index (χ0) is 8.97. The van der Waals surface area contributed by atoms with Crippen LogP contribution in [-0.4, -0.2) is 5.38 Å². The first kappa shape index (κ1) is 10.1. The average Bonchev–Trinajstić information content (AvgIpc) is 2.04. The van der Waals surface area contributed by atoms with E-state index in [0.717, 1.165) is 12.3 Å². The van der Waals surface area contributed by atoms with Gasteiger partial charge in [-0.05, 0) is 31.6 Å². The maximum absolute atomic E-state index is 6.11. The van der Waals surface area contributed by atoms with Crippen molar-refractivity contribution in [3.8, 4) is 0 Å². The molecule has 0 aliphatic heterocycles. The van der Waals surface area contributed by atoms with Gasteiger partial charge in [-0.25, -0.2) is 0 Å². The molecule has 1 aliphatic rings. The Hall–Kier alpha value is 0.0300. The van der Waals surface area contributed by atoms with Crippen LogP contribution in [0.1, 0.15) is 45.4 Å². The number of allylic oxidation sites excluding steroid dienone is 1. The summed E-state index contributed by atoms with van der Waals surface area (Å²) in [5, 5.41) is 0.438. The van der Waals surface area contributed by atoms with E-state index in [-0.39, 0.29) is 0 Å². The molecule has 0 radical (unpaired) electrons. The van der Waals surface area contributed by atoms with Gasteiger partial charge in [0.2, 0.25) is 0 Å². The van der Waals surface area contributed by atoms with E-state index >= 15 is 0 Å². The lowest BCUT2D eigenvalue weighted by Crippen LogP contribution is -2.15. The molecule has 0 N–H and O–H groups in total. The molecule has 70 valence electrons. The highest BCUT2D eigenvalue weighted by atomic mass is 35.5. The molecule has 0 heterocycles. The van der Waals surface area contributed by atoms with Crippen LogP contribution in [0.3, 0.4) is 0 Å². The molecule has 0 aromatic heterocycles. The molecule has 0 spiro atoms. The fourth-order valence-corrected chi connectivity index (χ4v) is 2.37. The minimum Gasteiger partial charge on any atom is -0.123 e. The molecule has 2 unspecified atom stereocenters. The van der Waals surface area contributed by atoms with Crippen LogP contribution in [0.25, 0.3) is 0 Å². The Morgan fingerprint density at radius 1 is 1.50 bits per heavy atom. The predicted molar refractivity (Wildman–Crippen MR) is 55.6 cm³/mol. The summed E-state index contributed by atoms with van der Waals surface area (Å²) in [4.78, 5) is 0. The molecule has 1 rings (SSSR count). The quantitative estimate of drug-likeness (QED) is 0.459. The van der Waals surface area contributed by atoms with Crippen molar-refractivity contribution in [1.29, 1.82) is 0 Å². The van der Waals surface area contributed by atoms with Crippen LogP contribution >= 0.6 is 11.6 Å². The smallest absolute Gasteiger partial charge is 0.0338 e. The topological polar surface area (TPSA) is 0 Å². The number of alkyl halides is 1. The van der Waals surface area contributed by atoms with Crippen molar-refractivity contribution in [2.24, 2.45) is 5.92 Å². The van der Waals surface area contributed by atoms with Crippen molar-refractivity contribution in [1.82, 2.24) is 0 Å². The summed E-state index contributed by atoms with van der Waals surface area (Å²) < 4.78 is 0. The molecule has 1 fully saturated rings. The van der Waals surface area contributed by atoms with Gasteiger partial charge < -0.3 is 0 Å². The highest BCUT2D eigenvalue weighted by Gasteiger charge is 2.20. The maximum Gasteiger partial charge on any atom is 0.0338 e. The Labute approximate surface area is 81.0 Å². The molecular formula is C11H19Cl. The van der Waals surface area contributed by atoms with Crippen molar-refractivity contribution in [2.75, 3.05) is 0 Å². The largest absolute Gasteiger partial charge is 0.123 e. The van der Waals surface area contributed by atoms with Crippen LogP contribution in [0.15, 0.2) is 12.2 Å². The molecule has 0 amide bonds. The third kappa shape index (κ3) is 3.18. The summed E-state index contributed by atoms with van der Waals surface area (Å²) in [6.07, 6.45) is 7.44. The summed E-state index contributed by atoms with van der Waals surface area (Å²) in [5.74, 6) is 0.827. The zero-order valence-electron chi connectivity index (χ0n) is 7.98. The normalized spacial score (nSPS) is 30.2. The highest BCUT2D eigenvalue weighted by Crippen LogP contribution is 2.31. The van der Waals surface area contributed by atoms with Gasteiger partial charge in [0.05, 0.1) is 0 Å². The van der Waals surface area contributed by atoms with E-state index < -0.39 is 0 Å². The van der Waals surface area contributed by atoms with Gasteiger partial charge in [-0.2, -0.15) is 0 Å². The van der Waals surface area contributed by atoms with Crippen LogP contribution in [0.4, 0.5) is 0 Å². The maximum atomic E-state index is 6.11. The molecule has 0 nitrogen and oxygen atoms in total. The van der Waals surface area contributed by atoms with Gasteiger partial charge in [0.1, 0.15) is 0 Å². The van der Waals surface area contributed by atoms with Gasteiger partial charge in [0.25, 0.3) is 0 Å². The van der Waals surface area contributed by atoms with Crippen molar-refractivity contribution in [3.63, 3.8) is 0 Å². The first-order chi connectivity index (χ1) is 5.72. The lowest BCUT2D eigenvalue weighted by molar-refractivity contribution is 0.359. The number of hydrogen-bond acceptors (Lipinski definition) is 0. The van der Waals surface area contributed by atoms with Gasteiger partial charge in [-0.3, -0.25) is 0 Å². The van der Waals surface area contributed by atoms with E-state index in [1.54, 1.807) is 0 Å². The molecule has 0 aromatic carbocycles. The molecule has 1 heteroatoms. The van der Waals surface area contributed by atoms with Gasteiger partial charge in [-0.15, -0.1) is 11.6 Å². The van der Waals surface area contributed by atoms with Crippen LogP contribution in [-0.2, 0) is 0 Å². The molecule has 2 atom stereocenters. The number of halogens is 1. The Morgan fingerprint density at radius 2 is 2.25 bits per heavy atom. The van der Waals surface area contributed by atoms with Crippen molar-refractivity contribution in [3.05, 3.63) is 12.2 Å². The van der Waals surface area contributed by atoms with E-state index in [1.807, 2.05) is 0 Å². The summed E-state index contributed by atoms with van der Waals surface area (Å²) in [7, 11) is 0. The summed E-state index contributed by atoms with van der Waals surface area (Å²) in [6.45, 7) is 6.23. The van der Waals surface area contributed by atoms with Crippen LogP contribution < -0.4 is 0 Å². The first-order valence-electron chi connectivity index (χ1n) is 5.03. The molecule has 12 heavy (non-hydrogen) atoms. The predicted octanol–water partition coefficient (Wildman–Crippen LogP) is 4.14. The summed E-state index contributed by atoms with van der Waals surface area (Å²) in [5.41, 5.74) is 1.39. The third-order valence-electron chi connectivity index (χ3n) is 2.80. The SMILES string of the molecule is C=C(CC)CC1CCCC(Cl)C1. The van der Waals surface area contributed by atoms with Gasteiger partial charge in [0, 0.05) is 5.38 Å². The third-order valence-corrected chi connectivity index (χ3v) is 3.19. The zero-order valence-corrected chi connectivity index (χ0v) is 8.74. The summed E-state index contributed by atoms with van der Waals surface area (Å²) >= 11 is 6.11. The second-order valence-electron chi connectivity index (χ2n) is 3.94. The molecule has 1 saturated carbocycles. The minimum atomic E-state index is 0.438. The second-order valence-corrected chi connectivity index (χ2v) is 4.55. The van der Waals surface area contributed by atoms with Crippen molar-refractivity contribution >= 4 is 11.6 Å². The van der Waals surface area contributed by atoms with E-state index in [2.05, 4.69) is 13.5 Å². The molecule has 1 aliphatic carbocycles. The van der Waals surface area contributed by atoms with E-state index in [9.17, 15) is 0 Å². The molecule has 0 aromatic rings. The van der Waals surface area contributed by atoms with Gasteiger partial charge in [0.15, 0.2) is 0 Å². The van der Waals surface area contributed by atoms with Crippen LogP contribution in [0.5, 0.6) is 0 Å². The van der Waals surface area contributed by atoms with Crippen LogP contribution in [0.2, 0.25) is 0 Å². The molecule has 0 bridgehead atoms. The fraction of sp³-hybridized carbons (Fsp3) is 0.818. The molecular weight excluding hydrogens is 168 g/mol. The van der Waals surface area contributed by atoms with E-state index in [0.29, 0.717) is 5.38 Å². The standard InChI is InChI=1S/C11H19Cl/c1-3-9(2)7-10-5-4-6-11(12)8-10/h10-11H,2-8H2,1H3. The summed E-state index contributed by atoms with van der Waals surface area (Å²) in [6, 6.07) is 0. The fourth-order valence-electron chi connectivity index (χ4n) is 1.96. The van der Waals surface area contributed by atoms with Crippen molar-refractivity contribution in [2.45, 2.75) is 50.8 Å². The van der Waals surface area contributed by atoms with Gasteiger partial charge in [-0.1, -0.05) is 31.9 Å². The Balaban J connectivity index is 2.27. The van der Waals surface area contributed by atoms with Crippen molar-refractivity contribution < 1.29 is 0 Å². The Kier molecular flexibility index (Phi) is 4.14. The Morgan fingerprint density at radius 3 is 2.83 bits per heavy atom. The first-order valence-corrected chi connectivity index (χ1v) is 5.46. The van der Waals surface area contributed by atoms with E-state index in [4.69, 9.17) is 11.6 Å². The lowest BCUT2D eigenvalue weighted by Gasteiger charge is -2.25. The molecule has 0 saturated heterocycles. The second kappa shape index (κ2) is 4.91. The van der Waals surface area contributed by atoms with Crippen LogP contribution in [0, 0.1) is 5.92 Å². The number of hydrogen-bond donors (Lipinski definition) is 0.